The van der Waals surface area contributed by atoms with E-state index in [-0.39, 0.29) is 22.0 Å². The van der Waals surface area contributed by atoms with Gasteiger partial charge in [0.05, 0.1) is 28.7 Å². The average Bonchev–Trinajstić information content (AvgIpc) is 3.08. The van der Waals surface area contributed by atoms with Gasteiger partial charge >= 0.3 is 12.1 Å². The molecule has 0 saturated carbocycles. The van der Waals surface area contributed by atoms with Gasteiger partial charge in [0.1, 0.15) is 5.69 Å². The van der Waals surface area contributed by atoms with Gasteiger partial charge in [-0.2, -0.15) is 13.2 Å². The molecular formula is C20H15ClF3N3O4. The maximum atomic E-state index is 13.0. The summed E-state index contributed by atoms with van der Waals surface area (Å²) in [4.78, 5) is 36.1. The van der Waals surface area contributed by atoms with Crippen molar-refractivity contribution in [3.8, 4) is 5.69 Å². The molecule has 3 N–H and O–H groups in total. The molecule has 3 aromatic rings. The van der Waals surface area contributed by atoms with Gasteiger partial charge in [-0.1, -0.05) is 35.9 Å². The van der Waals surface area contributed by atoms with Crippen LogP contribution in [0.2, 0.25) is 5.02 Å². The molecule has 0 saturated heterocycles. The molecule has 0 radical (unpaired) electrons. The Morgan fingerprint density at radius 1 is 1.13 bits per heavy atom. The highest BCUT2D eigenvalue weighted by molar-refractivity contribution is 6.32. The normalized spacial score (nSPS) is 12.4. The third-order valence-electron chi connectivity index (χ3n) is 4.36. The number of carbonyl (C=O) groups excluding carboxylic acids is 1. The second kappa shape index (κ2) is 8.68. The third-order valence-corrected chi connectivity index (χ3v) is 4.68. The van der Waals surface area contributed by atoms with Gasteiger partial charge in [-0.3, -0.25) is 19.5 Å². The number of hydrogen-bond acceptors (Lipinski definition) is 3. The summed E-state index contributed by atoms with van der Waals surface area (Å²) in [7, 11) is 0. The van der Waals surface area contributed by atoms with Gasteiger partial charge in [-0.25, -0.2) is 4.68 Å². The lowest BCUT2D eigenvalue weighted by molar-refractivity contribution is -0.138. The molecule has 3 rings (SSSR count). The van der Waals surface area contributed by atoms with Crippen molar-refractivity contribution in [1.82, 2.24) is 15.1 Å². The second-order valence-electron chi connectivity index (χ2n) is 6.54. The Morgan fingerprint density at radius 2 is 1.84 bits per heavy atom. The second-order valence-corrected chi connectivity index (χ2v) is 6.95. The first-order chi connectivity index (χ1) is 14.6. The number of carboxylic acid groups (broad SMARTS) is 1. The Labute approximate surface area is 178 Å². The highest BCUT2D eigenvalue weighted by atomic mass is 35.5. The largest absolute Gasteiger partial charge is 0.481 e. The van der Waals surface area contributed by atoms with Gasteiger partial charge in [-0.15, -0.1) is 0 Å². The van der Waals surface area contributed by atoms with E-state index in [1.54, 1.807) is 18.2 Å². The van der Waals surface area contributed by atoms with Crippen LogP contribution in [0.15, 0.2) is 59.4 Å². The van der Waals surface area contributed by atoms with E-state index in [1.807, 2.05) is 0 Å². The van der Waals surface area contributed by atoms with Crippen molar-refractivity contribution in [2.24, 2.45) is 0 Å². The Hall–Kier alpha value is -3.53. The Balaban J connectivity index is 1.91. The number of para-hydroxylation sites is 1. The van der Waals surface area contributed by atoms with Crippen LogP contribution in [0.1, 0.15) is 34.1 Å². The molecule has 0 aliphatic rings. The average molecular weight is 454 g/mol. The predicted molar refractivity (Wildman–Crippen MR) is 105 cm³/mol. The number of benzene rings is 2. The molecule has 0 aliphatic carbocycles. The third kappa shape index (κ3) is 5.15. The molecule has 0 spiro atoms. The number of aromatic amines is 1. The van der Waals surface area contributed by atoms with Crippen molar-refractivity contribution in [2.45, 2.75) is 18.6 Å². The standard InChI is InChI=1S/C20H15ClF3N3O4/c21-13-6-1-2-7-16(13)27-17(28)9-15(26-27)19(31)25-14(10-18(29)30)11-4-3-5-12(8-11)20(22,23)24/h1-9,14,26H,10H2,(H,25,31)(H,29,30)/t14-/m0/s1. The number of alkyl halides is 3. The number of rotatable bonds is 6. The van der Waals surface area contributed by atoms with E-state index >= 15 is 0 Å². The summed E-state index contributed by atoms with van der Waals surface area (Å²) >= 11 is 6.06. The number of H-pyrrole nitrogens is 1. The summed E-state index contributed by atoms with van der Waals surface area (Å²) in [6, 6.07) is 10.1. The fourth-order valence-electron chi connectivity index (χ4n) is 2.92. The maximum absolute atomic E-state index is 13.0. The molecule has 1 heterocycles. The van der Waals surface area contributed by atoms with Crippen LogP contribution >= 0.6 is 11.6 Å². The number of nitrogens with zero attached hydrogens (tertiary/aromatic N) is 1. The fraction of sp³-hybridized carbons (Fsp3) is 0.150. The van der Waals surface area contributed by atoms with E-state index in [0.717, 1.165) is 28.9 Å². The van der Waals surface area contributed by atoms with E-state index < -0.39 is 41.6 Å². The van der Waals surface area contributed by atoms with E-state index in [2.05, 4.69) is 10.4 Å². The minimum Gasteiger partial charge on any atom is -0.481 e. The summed E-state index contributed by atoms with van der Waals surface area (Å²) < 4.78 is 40.0. The van der Waals surface area contributed by atoms with Gasteiger partial charge in [0.25, 0.3) is 11.5 Å². The molecule has 2 aromatic carbocycles. The Bertz CT molecular complexity index is 1190. The lowest BCUT2D eigenvalue weighted by atomic mass is 10.0. The number of hydrogen-bond donors (Lipinski definition) is 3. The van der Waals surface area contributed by atoms with Crippen LogP contribution in [0.3, 0.4) is 0 Å². The molecule has 1 aromatic heterocycles. The van der Waals surface area contributed by atoms with E-state index in [0.29, 0.717) is 0 Å². The number of carboxylic acids is 1. The van der Waals surface area contributed by atoms with Crippen LogP contribution in [0.4, 0.5) is 13.2 Å². The number of halogens is 4. The molecule has 7 nitrogen and oxygen atoms in total. The molecule has 31 heavy (non-hydrogen) atoms. The monoisotopic (exact) mass is 453 g/mol. The number of amides is 1. The van der Waals surface area contributed by atoms with Crippen molar-refractivity contribution < 1.29 is 27.9 Å². The molecule has 0 aliphatic heterocycles. The SMILES string of the molecule is O=C(O)C[C@H](NC(=O)c1cc(=O)n(-c2ccccc2Cl)[nH]1)c1cccc(C(F)(F)F)c1. The molecule has 1 amide bonds. The lowest BCUT2D eigenvalue weighted by Crippen LogP contribution is -2.30. The molecule has 11 heteroatoms. The van der Waals surface area contributed by atoms with Gasteiger partial charge in [0, 0.05) is 6.07 Å². The van der Waals surface area contributed by atoms with Gasteiger partial charge in [-0.05, 0) is 29.8 Å². The molecule has 0 fully saturated rings. The van der Waals surface area contributed by atoms with Crippen molar-refractivity contribution in [3.63, 3.8) is 0 Å². The first kappa shape index (κ1) is 22.2. The number of carbonyl (C=O) groups is 2. The van der Waals surface area contributed by atoms with Crippen molar-refractivity contribution in [1.29, 1.82) is 0 Å². The van der Waals surface area contributed by atoms with Crippen LogP contribution in [0.25, 0.3) is 5.69 Å². The van der Waals surface area contributed by atoms with E-state index in [4.69, 9.17) is 16.7 Å². The van der Waals surface area contributed by atoms with Crippen molar-refractivity contribution >= 4 is 23.5 Å². The van der Waals surface area contributed by atoms with Crippen LogP contribution < -0.4 is 10.9 Å². The Kier molecular flexibility index (Phi) is 6.21. The van der Waals surface area contributed by atoms with Crippen LogP contribution in [0, 0.1) is 0 Å². The molecule has 1 atom stereocenters. The summed E-state index contributed by atoms with van der Waals surface area (Å²) in [6.45, 7) is 0. The minimum atomic E-state index is -4.63. The first-order valence-electron chi connectivity index (χ1n) is 8.83. The van der Waals surface area contributed by atoms with Crippen molar-refractivity contribution in [2.75, 3.05) is 0 Å². The molecule has 0 bridgehead atoms. The zero-order chi connectivity index (χ0) is 22.8. The van der Waals surface area contributed by atoms with Gasteiger partial charge in [0.2, 0.25) is 0 Å². The maximum Gasteiger partial charge on any atom is 0.416 e. The number of aromatic nitrogens is 2. The quantitative estimate of drug-likeness (QED) is 0.528. The van der Waals surface area contributed by atoms with Crippen LogP contribution in [-0.2, 0) is 11.0 Å². The summed E-state index contributed by atoms with van der Waals surface area (Å²) in [6.07, 6.45) is -5.30. The first-order valence-corrected chi connectivity index (χ1v) is 9.21. The summed E-state index contributed by atoms with van der Waals surface area (Å²) in [5.74, 6) is -2.20. The molecular weight excluding hydrogens is 439 g/mol. The summed E-state index contributed by atoms with van der Waals surface area (Å²) in [5.41, 5.74) is -1.56. The van der Waals surface area contributed by atoms with Gasteiger partial charge < -0.3 is 10.4 Å². The van der Waals surface area contributed by atoms with Crippen LogP contribution in [-0.4, -0.2) is 26.8 Å². The number of aliphatic carboxylic acids is 1. The highest BCUT2D eigenvalue weighted by Crippen LogP contribution is 2.31. The molecule has 162 valence electrons. The highest BCUT2D eigenvalue weighted by Gasteiger charge is 2.31. The zero-order valence-electron chi connectivity index (χ0n) is 15.6. The summed E-state index contributed by atoms with van der Waals surface area (Å²) in [5, 5.41) is 14.3. The number of nitrogens with one attached hydrogen (secondary N) is 2. The zero-order valence-corrected chi connectivity index (χ0v) is 16.4. The Morgan fingerprint density at radius 3 is 2.48 bits per heavy atom. The lowest BCUT2D eigenvalue weighted by Gasteiger charge is -2.18. The predicted octanol–water partition coefficient (Wildman–Crippen LogP) is 3.78. The van der Waals surface area contributed by atoms with Crippen molar-refractivity contribution in [3.05, 3.63) is 86.8 Å². The molecule has 0 unspecified atom stereocenters. The smallest absolute Gasteiger partial charge is 0.416 e. The van der Waals surface area contributed by atoms with Gasteiger partial charge in [0.15, 0.2) is 0 Å². The van der Waals surface area contributed by atoms with E-state index in [1.165, 1.54) is 12.1 Å². The minimum absolute atomic E-state index is 0.0431. The fourth-order valence-corrected chi connectivity index (χ4v) is 3.14. The topological polar surface area (TPSA) is 104 Å². The van der Waals surface area contributed by atoms with Crippen LogP contribution in [0.5, 0.6) is 0 Å². The van der Waals surface area contributed by atoms with E-state index in [9.17, 15) is 27.6 Å².